The number of hydrogen-bond donors (Lipinski definition) is 0. The van der Waals surface area contributed by atoms with Crippen molar-refractivity contribution in [2.45, 2.75) is 13.8 Å². The molecule has 6 heteroatoms. The van der Waals surface area contributed by atoms with Gasteiger partial charge in [0.15, 0.2) is 0 Å². The fourth-order valence-corrected chi connectivity index (χ4v) is 4.26. The van der Waals surface area contributed by atoms with Crippen molar-refractivity contribution in [3.63, 3.8) is 0 Å². The van der Waals surface area contributed by atoms with Gasteiger partial charge >= 0.3 is 0 Å². The molecule has 0 atom stereocenters. The summed E-state index contributed by atoms with van der Waals surface area (Å²) in [7, 11) is 1.65. The normalized spacial score (nSPS) is 15.8. The maximum Gasteiger partial charge on any atom is 0.266 e. The molecule has 0 aliphatic carbocycles. The standard InChI is InChI=1S/C20H20N2O2S2/c1-5-10-21-19(23)18(26-20(21)25)12-15-11-13(2)22(14(15)3)16-6-8-17(24-4)9-7-16/h5-9,11-12H,1,10H2,2-4H3/b18-12-. The molecule has 26 heavy (non-hydrogen) atoms. The number of aromatic nitrogens is 1. The molecule has 1 aliphatic rings. The fourth-order valence-electron chi connectivity index (χ4n) is 2.99. The number of hydrogen-bond acceptors (Lipinski definition) is 4. The molecule has 1 amide bonds. The highest BCUT2D eigenvalue weighted by atomic mass is 32.2. The number of ether oxygens (including phenoxy) is 1. The first kappa shape index (κ1) is 18.5. The maximum atomic E-state index is 12.5. The van der Waals surface area contributed by atoms with Crippen LogP contribution in [0.25, 0.3) is 11.8 Å². The Morgan fingerprint density at radius 1 is 1.27 bits per heavy atom. The molecule has 0 N–H and O–H groups in total. The highest BCUT2D eigenvalue weighted by Gasteiger charge is 2.31. The van der Waals surface area contributed by atoms with E-state index in [1.807, 2.05) is 37.3 Å². The van der Waals surface area contributed by atoms with E-state index in [0.717, 1.165) is 28.4 Å². The molecule has 0 bridgehead atoms. The van der Waals surface area contributed by atoms with Crippen molar-refractivity contribution >= 4 is 40.3 Å². The van der Waals surface area contributed by atoms with Gasteiger partial charge in [-0.25, -0.2) is 0 Å². The number of carbonyl (C=O) groups excluding carboxylic acids is 1. The molecule has 134 valence electrons. The van der Waals surface area contributed by atoms with Crippen molar-refractivity contribution in [1.82, 2.24) is 9.47 Å². The molecule has 0 saturated carbocycles. The molecule has 0 spiro atoms. The van der Waals surface area contributed by atoms with Gasteiger partial charge in [-0.05, 0) is 55.8 Å². The van der Waals surface area contributed by atoms with E-state index >= 15 is 0 Å². The Morgan fingerprint density at radius 2 is 1.96 bits per heavy atom. The van der Waals surface area contributed by atoms with Crippen LogP contribution in [0, 0.1) is 13.8 Å². The van der Waals surface area contributed by atoms with Crippen molar-refractivity contribution in [2.24, 2.45) is 0 Å². The molecular formula is C20H20N2O2S2. The summed E-state index contributed by atoms with van der Waals surface area (Å²) < 4.78 is 7.96. The van der Waals surface area contributed by atoms with Gasteiger partial charge in [0.2, 0.25) is 0 Å². The average molecular weight is 385 g/mol. The van der Waals surface area contributed by atoms with Crippen molar-refractivity contribution < 1.29 is 9.53 Å². The van der Waals surface area contributed by atoms with Crippen molar-refractivity contribution in [3.05, 3.63) is 64.8 Å². The summed E-state index contributed by atoms with van der Waals surface area (Å²) in [4.78, 5) is 14.8. The molecular weight excluding hydrogens is 364 g/mol. The van der Waals surface area contributed by atoms with Gasteiger partial charge in [0.05, 0.1) is 12.0 Å². The molecule has 1 aromatic carbocycles. The second-order valence-corrected chi connectivity index (χ2v) is 7.62. The van der Waals surface area contributed by atoms with Crippen LogP contribution in [0.5, 0.6) is 5.75 Å². The van der Waals surface area contributed by atoms with Crippen LogP contribution in [-0.2, 0) is 4.79 Å². The summed E-state index contributed by atoms with van der Waals surface area (Å²) >= 11 is 6.64. The summed E-state index contributed by atoms with van der Waals surface area (Å²) in [6.45, 7) is 8.22. The van der Waals surface area contributed by atoms with Gasteiger partial charge in [0.25, 0.3) is 5.91 Å². The number of thioether (sulfide) groups is 1. The molecule has 0 radical (unpaired) electrons. The van der Waals surface area contributed by atoms with E-state index < -0.39 is 0 Å². The van der Waals surface area contributed by atoms with E-state index in [2.05, 4.69) is 24.1 Å². The predicted molar refractivity (Wildman–Crippen MR) is 112 cm³/mol. The number of thiocarbonyl (C=S) groups is 1. The summed E-state index contributed by atoms with van der Waals surface area (Å²) in [5.74, 6) is 0.761. The lowest BCUT2D eigenvalue weighted by Crippen LogP contribution is -2.27. The minimum absolute atomic E-state index is 0.0610. The van der Waals surface area contributed by atoms with Crippen LogP contribution < -0.4 is 4.74 Å². The van der Waals surface area contributed by atoms with E-state index in [-0.39, 0.29) is 5.91 Å². The zero-order chi connectivity index (χ0) is 18.8. The van der Waals surface area contributed by atoms with E-state index in [0.29, 0.717) is 15.8 Å². The summed E-state index contributed by atoms with van der Waals surface area (Å²) in [5.41, 5.74) is 4.24. The van der Waals surface area contributed by atoms with Gasteiger partial charge < -0.3 is 9.30 Å². The lowest BCUT2D eigenvalue weighted by atomic mass is 10.2. The minimum Gasteiger partial charge on any atom is -0.497 e. The highest BCUT2D eigenvalue weighted by molar-refractivity contribution is 8.26. The molecule has 2 aromatic rings. The number of nitrogens with zero attached hydrogens (tertiary/aromatic N) is 2. The van der Waals surface area contributed by atoms with Gasteiger partial charge in [-0.1, -0.05) is 30.1 Å². The Hall–Kier alpha value is -2.31. The molecule has 4 nitrogen and oxygen atoms in total. The first-order chi connectivity index (χ1) is 12.5. The summed E-state index contributed by atoms with van der Waals surface area (Å²) in [5, 5.41) is 0. The van der Waals surface area contributed by atoms with Crippen molar-refractivity contribution in [1.29, 1.82) is 0 Å². The molecule has 1 aliphatic heterocycles. The lowest BCUT2D eigenvalue weighted by Gasteiger charge is -2.11. The Bertz CT molecular complexity index is 911. The quantitative estimate of drug-likeness (QED) is 0.432. The van der Waals surface area contributed by atoms with E-state index in [1.54, 1.807) is 18.1 Å². The third-order valence-electron chi connectivity index (χ3n) is 4.27. The first-order valence-corrected chi connectivity index (χ1v) is 9.38. The van der Waals surface area contributed by atoms with Gasteiger partial charge in [-0.2, -0.15) is 0 Å². The van der Waals surface area contributed by atoms with Crippen molar-refractivity contribution in [3.8, 4) is 11.4 Å². The van der Waals surface area contributed by atoms with Crippen LogP contribution in [0.15, 0.2) is 47.9 Å². The number of amides is 1. The maximum absolute atomic E-state index is 12.5. The molecule has 3 rings (SSSR count). The zero-order valence-corrected chi connectivity index (χ0v) is 16.6. The van der Waals surface area contributed by atoms with Gasteiger partial charge in [0, 0.05) is 23.6 Å². The van der Waals surface area contributed by atoms with Crippen LogP contribution in [0.3, 0.4) is 0 Å². The lowest BCUT2D eigenvalue weighted by molar-refractivity contribution is -0.121. The van der Waals surface area contributed by atoms with E-state index in [9.17, 15) is 4.79 Å². The van der Waals surface area contributed by atoms with Crippen LogP contribution in [0.2, 0.25) is 0 Å². The van der Waals surface area contributed by atoms with Crippen LogP contribution in [-0.4, -0.2) is 33.3 Å². The topological polar surface area (TPSA) is 34.5 Å². The number of benzene rings is 1. The van der Waals surface area contributed by atoms with Crippen LogP contribution in [0.1, 0.15) is 17.0 Å². The first-order valence-electron chi connectivity index (χ1n) is 8.16. The van der Waals surface area contributed by atoms with Gasteiger partial charge in [-0.3, -0.25) is 9.69 Å². The average Bonchev–Trinajstić information content (AvgIpc) is 3.05. The third-order valence-corrected chi connectivity index (χ3v) is 5.65. The second-order valence-electron chi connectivity index (χ2n) is 5.94. The second kappa shape index (κ2) is 7.51. The largest absolute Gasteiger partial charge is 0.497 e. The number of carbonyl (C=O) groups is 1. The smallest absolute Gasteiger partial charge is 0.266 e. The molecule has 1 fully saturated rings. The van der Waals surface area contributed by atoms with Gasteiger partial charge in [-0.15, -0.1) is 6.58 Å². The highest BCUT2D eigenvalue weighted by Crippen LogP contribution is 2.34. The predicted octanol–water partition coefficient (Wildman–Crippen LogP) is 4.49. The summed E-state index contributed by atoms with van der Waals surface area (Å²) in [6.07, 6.45) is 3.61. The minimum atomic E-state index is -0.0610. The number of rotatable bonds is 5. The van der Waals surface area contributed by atoms with Gasteiger partial charge in [0.1, 0.15) is 10.1 Å². The fraction of sp³-hybridized carbons (Fsp3) is 0.200. The van der Waals surface area contributed by atoms with Crippen LogP contribution in [0.4, 0.5) is 0 Å². The van der Waals surface area contributed by atoms with Crippen molar-refractivity contribution in [2.75, 3.05) is 13.7 Å². The number of methoxy groups -OCH3 is 1. The third kappa shape index (κ3) is 3.34. The Balaban J connectivity index is 1.96. The van der Waals surface area contributed by atoms with E-state index in [1.165, 1.54) is 11.8 Å². The Morgan fingerprint density at radius 3 is 2.58 bits per heavy atom. The molecule has 1 aromatic heterocycles. The Labute approximate surface area is 163 Å². The Kier molecular flexibility index (Phi) is 5.34. The molecule has 2 heterocycles. The monoisotopic (exact) mass is 384 g/mol. The number of aryl methyl sites for hydroxylation is 1. The molecule has 1 saturated heterocycles. The van der Waals surface area contributed by atoms with E-state index in [4.69, 9.17) is 17.0 Å². The summed E-state index contributed by atoms with van der Waals surface area (Å²) in [6, 6.07) is 10.0. The SMILES string of the molecule is C=CCN1C(=O)/C(=C/c2cc(C)n(-c3ccc(OC)cc3)c2C)SC1=S. The molecule has 0 unspecified atom stereocenters. The zero-order valence-electron chi connectivity index (χ0n) is 15.0. The van der Waals surface area contributed by atoms with Crippen LogP contribution >= 0.6 is 24.0 Å².